The average Bonchev–Trinajstić information content (AvgIpc) is 2.42. The Bertz CT molecular complexity index is 570. The summed E-state index contributed by atoms with van der Waals surface area (Å²) in [4.78, 5) is 0. The zero-order valence-corrected chi connectivity index (χ0v) is 11.6. The molecule has 2 aromatic carbocycles. The second-order valence-corrected chi connectivity index (χ2v) is 5.16. The highest BCUT2D eigenvalue weighted by Crippen LogP contribution is 2.30. The van der Waals surface area contributed by atoms with E-state index in [2.05, 4.69) is 0 Å². The number of rotatable bonds is 4. The molecule has 0 aliphatic carbocycles. The predicted octanol–water partition coefficient (Wildman–Crippen LogP) is 4.29. The van der Waals surface area contributed by atoms with Gasteiger partial charge in [0.05, 0.1) is 0 Å². The van der Waals surface area contributed by atoms with Crippen molar-refractivity contribution in [1.82, 2.24) is 0 Å². The largest absolute Gasteiger partial charge is 0.321 e. The summed E-state index contributed by atoms with van der Waals surface area (Å²) in [5, 5.41) is 0.669. The van der Waals surface area contributed by atoms with Gasteiger partial charge in [-0.2, -0.15) is 0 Å². The number of halogens is 2. The van der Waals surface area contributed by atoms with Gasteiger partial charge < -0.3 is 5.73 Å². The highest BCUT2D eigenvalue weighted by molar-refractivity contribution is 6.31. The van der Waals surface area contributed by atoms with Crippen LogP contribution >= 0.6 is 11.6 Å². The van der Waals surface area contributed by atoms with Crippen LogP contribution in [-0.2, 0) is 12.0 Å². The Morgan fingerprint density at radius 1 is 1.11 bits per heavy atom. The molecule has 2 N–H and O–H groups in total. The smallest absolute Gasteiger partial charge is 0.128 e. The first kappa shape index (κ1) is 14.0. The molecule has 1 nitrogen and oxygen atoms in total. The van der Waals surface area contributed by atoms with Gasteiger partial charge in [-0.25, -0.2) is 4.39 Å². The van der Waals surface area contributed by atoms with E-state index in [1.165, 1.54) is 6.07 Å². The molecule has 0 saturated heterocycles. The molecule has 0 aliphatic heterocycles. The molecule has 0 heterocycles. The number of hydrogen-bond donors (Lipinski definition) is 1. The molecule has 1 atom stereocenters. The number of benzene rings is 2. The maximum atomic E-state index is 14.0. The Morgan fingerprint density at radius 2 is 1.74 bits per heavy atom. The first-order valence-electron chi connectivity index (χ1n) is 6.34. The lowest BCUT2D eigenvalue weighted by atomic mass is 9.82. The minimum Gasteiger partial charge on any atom is -0.321 e. The van der Waals surface area contributed by atoms with Gasteiger partial charge in [0.25, 0.3) is 0 Å². The highest BCUT2D eigenvalue weighted by Gasteiger charge is 2.29. The summed E-state index contributed by atoms with van der Waals surface area (Å²) in [6.45, 7) is 1.96. The molecule has 3 heteroatoms. The van der Waals surface area contributed by atoms with Crippen LogP contribution in [0.2, 0.25) is 5.02 Å². The molecule has 0 bridgehead atoms. The van der Waals surface area contributed by atoms with Crippen LogP contribution in [0.3, 0.4) is 0 Å². The number of hydrogen-bond acceptors (Lipinski definition) is 1. The summed E-state index contributed by atoms with van der Waals surface area (Å²) in [5.41, 5.74) is 7.16. The fraction of sp³-hybridized carbons (Fsp3) is 0.250. The monoisotopic (exact) mass is 277 g/mol. The van der Waals surface area contributed by atoms with Crippen molar-refractivity contribution in [2.24, 2.45) is 5.73 Å². The first-order valence-corrected chi connectivity index (χ1v) is 6.72. The lowest BCUT2D eigenvalue weighted by Gasteiger charge is -2.29. The standard InChI is InChI=1S/C16H17ClFN/c1-2-16(19,13-8-4-6-10-15(13)18)11-12-7-3-5-9-14(12)17/h3-10H,2,11,19H2,1H3. The molecule has 19 heavy (non-hydrogen) atoms. The average molecular weight is 278 g/mol. The maximum Gasteiger partial charge on any atom is 0.128 e. The van der Waals surface area contributed by atoms with E-state index in [1.807, 2.05) is 37.3 Å². The van der Waals surface area contributed by atoms with E-state index in [0.29, 0.717) is 23.4 Å². The van der Waals surface area contributed by atoms with Gasteiger partial charge in [-0.15, -0.1) is 0 Å². The van der Waals surface area contributed by atoms with Gasteiger partial charge in [-0.3, -0.25) is 0 Å². The molecule has 0 amide bonds. The zero-order valence-electron chi connectivity index (χ0n) is 10.9. The van der Waals surface area contributed by atoms with E-state index < -0.39 is 5.54 Å². The molecule has 2 aromatic rings. The van der Waals surface area contributed by atoms with Crippen molar-refractivity contribution in [2.75, 3.05) is 0 Å². The zero-order chi connectivity index (χ0) is 13.9. The van der Waals surface area contributed by atoms with E-state index in [1.54, 1.807) is 12.1 Å². The minimum absolute atomic E-state index is 0.265. The summed E-state index contributed by atoms with van der Waals surface area (Å²) < 4.78 is 14.0. The Labute approximate surface area is 118 Å². The molecule has 0 saturated carbocycles. The second kappa shape index (κ2) is 5.72. The lowest BCUT2D eigenvalue weighted by Crippen LogP contribution is -2.39. The molecule has 0 aromatic heterocycles. The van der Waals surface area contributed by atoms with Crippen molar-refractivity contribution in [2.45, 2.75) is 25.3 Å². The van der Waals surface area contributed by atoms with E-state index in [0.717, 1.165) is 5.56 Å². The third-order valence-corrected chi connectivity index (χ3v) is 3.87. The van der Waals surface area contributed by atoms with Crippen LogP contribution in [0.1, 0.15) is 24.5 Å². The van der Waals surface area contributed by atoms with Crippen molar-refractivity contribution in [3.05, 3.63) is 70.5 Å². The fourth-order valence-corrected chi connectivity index (χ4v) is 2.46. The Kier molecular flexibility index (Phi) is 4.23. The third-order valence-electron chi connectivity index (χ3n) is 3.50. The summed E-state index contributed by atoms with van der Waals surface area (Å²) in [6.07, 6.45) is 1.16. The summed E-state index contributed by atoms with van der Waals surface area (Å²) in [6, 6.07) is 14.2. The van der Waals surface area contributed by atoms with E-state index >= 15 is 0 Å². The normalized spacial score (nSPS) is 14.1. The van der Waals surface area contributed by atoms with Crippen LogP contribution in [0.4, 0.5) is 4.39 Å². The summed E-state index contributed by atoms with van der Waals surface area (Å²) in [5.74, 6) is -0.265. The van der Waals surface area contributed by atoms with Crippen LogP contribution in [0.5, 0.6) is 0 Å². The van der Waals surface area contributed by atoms with Crippen molar-refractivity contribution in [1.29, 1.82) is 0 Å². The molecular formula is C16H17ClFN. The van der Waals surface area contributed by atoms with Gasteiger partial charge >= 0.3 is 0 Å². The van der Waals surface area contributed by atoms with Gasteiger partial charge in [0.15, 0.2) is 0 Å². The summed E-state index contributed by atoms with van der Waals surface area (Å²) in [7, 11) is 0. The third kappa shape index (κ3) is 2.96. The number of nitrogens with two attached hydrogens (primary N) is 1. The Morgan fingerprint density at radius 3 is 2.37 bits per heavy atom. The quantitative estimate of drug-likeness (QED) is 0.887. The van der Waals surface area contributed by atoms with Crippen LogP contribution < -0.4 is 5.73 Å². The van der Waals surface area contributed by atoms with Crippen molar-refractivity contribution in [3.8, 4) is 0 Å². The van der Waals surface area contributed by atoms with Crippen LogP contribution in [0, 0.1) is 5.82 Å². The predicted molar refractivity (Wildman–Crippen MR) is 77.7 cm³/mol. The molecule has 0 radical (unpaired) electrons. The maximum absolute atomic E-state index is 14.0. The molecule has 0 spiro atoms. The van der Waals surface area contributed by atoms with Crippen LogP contribution in [0.25, 0.3) is 0 Å². The summed E-state index contributed by atoms with van der Waals surface area (Å²) >= 11 is 6.17. The second-order valence-electron chi connectivity index (χ2n) is 4.76. The topological polar surface area (TPSA) is 26.0 Å². The molecule has 0 fully saturated rings. The van der Waals surface area contributed by atoms with Crippen LogP contribution in [0.15, 0.2) is 48.5 Å². The SMILES string of the molecule is CCC(N)(Cc1ccccc1Cl)c1ccccc1F. The Hall–Kier alpha value is -1.38. The van der Waals surface area contributed by atoms with E-state index in [4.69, 9.17) is 17.3 Å². The van der Waals surface area contributed by atoms with Crippen molar-refractivity contribution >= 4 is 11.6 Å². The van der Waals surface area contributed by atoms with Gasteiger partial charge in [-0.1, -0.05) is 54.9 Å². The van der Waals surface area contributed by atoms with Crippen molar-refractivity contribution < 1.29 is 4.39 Å². The van der Waals surface area contributed by atoms with Gasteiger partial charge in [-0.05, 0) is 30.5 Å². The Balaban J connectivity index is 2.39. The molecule has 100 valence electrons. The highest BCUT2D eigenvalue weighted by atomic mass is 35.5. The van der Waals surface area contributed by atoms with Gasteiger partial charge in [0.2, 0.25) is 0 Å². The fourth-order valence-electron chi connectivity index (χ4n) is 2.26. The van der Waals surface area contributed by atoms with E-state index in [-0.39, 0.29) is 5.82 Å². The minimum atomic E-state index is -0.740. The van der Waals surface area contributed by atoms with Crippen LogP contribution in [-0.4, -0.2) is 0 Å². The van der Waals surface area contributed by atoms with E-state index in [9.17, 15) is 4.39 Å². The molecule has 0 aliphatic rings. The molecular weight excluding hydrogens is 261 g/mol. The first-order chi connectivity index (χ1) is 9.07. The molecule has 1 unspecified atom stereocenters. The van der Waals surface area contributed by atoms with Crippen molar-refractivity contribution in [3.63, 3.8) is 0 Å². The van der Waals surface area contributed by atoms with Gasteiger partial charge in [0, 0.05) is 16.1 Å². The lowest BCUT2D eigenvalue weighted by molar-refractivity contribution is 0.403. The van der Waals surface area contributed by atoms with Gasteiger partial charge in [0.1, 0.15) is 5.82 Å². The molecule has 2 rings (SSSR count).